The molecule has 0 heterocycles. The van der Waals surface area contributed by atoms with Gasteiger partial charge in [0.2, 0.25) is 5.91 Å². The van der Waals surface area contributed by atoms with E-state index in [1.165, 1.54) is 0 Å². The molecule has 92 valence electrons. The predicted octanol–water partition coefficient (Wildman–Crippen LogP) is 3.09. The van der Waals surface area contributed by atoms with E-state index in [1.807, 2.05) is 13.8 Å². The van der Waals surface area contributed by atoms with Crippen LogP contribution in [0.5, 0.6) is 0 Å². The molecule has 1 unspecified atom stereocenters. The highest BCUT2D eigenvalue weighted by molar-refractivity contribution is 5.95. The van der Waals surface area contributed by atoms with E-state index in [4.69, 9.17) is 0 Å². The molecule has 0 aromatic heterocycles. The molecule has 1 aliphatic carbocycles. The van der Waals surface area contributed by atoms with Gasteiger partial charge in [0, 0.05) is 5.92 Å². The van der Waals surface area contributed by atoms with Gasteiger partial charge < -0.3 is 5.32 Å². The lowest BCUT2D eigenvalue weighted by Gasteiger charge is -2.08. The zero-order valence-corrected chi connectivity index (χ0v) is 9.48. The molecule has 1 atom stereocenters. The maximum atomic E-state index is 13.3. The van der Waals surface area contributed by atoms with Gasteiger partial charge in [-0.1, -0.05) is 13.8 Å². The molecule has 1 aromatic carbocycles. The van der Waals surface area contributed by atoms with Crippen molar-refractivity contribution >= 4 is 11.6 Å². The van der Waals surface area contributed by atoms with Crippen molar-refractivity contribution in [3.05, 3.63) is 29.6 Å². The second kappa shape index (κ2) is 3.75. The van der Waals surface area contributed by atoms with Gasteiger partial charge in [0.25, 0.3) is 0 Å². The van der Waals surface area contributed by atoms with Crippen molar-refractivity contribution < 1.29 is 18.0 Å². The summed E-state index contributed by atoms with van der Waals surface area (Å²) in [6, 6.07) is 1.80. The summed E-state index contributed by atoms with van der Waals surface area (Å²) in [7, 11) is 0. The zero-order chi connectivity index (χ0) is 12.8. The fraction of sp³-hybridized carbons (Fsp3) is 0.417. The highest BCUT2D eigenvalue weighted by atomic mass is 19.2. The van der Waals surface area contributed by atoms with Gasteiger partial charge >= 0.3 is 0 Å². The van der Waals surface area contributed by atoms with Crippen molar-refractivity contribution in [1.82, 2.24) is 0 Å². The van der Waals surface area contributed by atoms with Gasteiger partial charge in [0.1, 0.15) is 0 Å². The van der Waals surface area contributed by atoms with Gasteiger partial charge in [0.05, 0.1) is 5.69 Å². The number of nitrogens with one attached hydrogen (secondary N) is 1. The SMILES string of the molecule is CC1(C)CC1C(=O)Nc1ccc(F)c(F)c1F. The maximum absolute atomic E-state index is 13.3. The molecule has 0 spiro atoms. The average Bonchev–Trinajstić information content (AvgIpc) is 2.89. The lowest BCUT2D eigenvalue weighted by molar-refractivity contribution is -0.118. The normalized spacial score (nSPS) is 21.1. The molecule has 1 aromatic rings. The summed E-state index contributed by atoms with van der Waals surface area (Å²) >= 11 is 0. The number of halogens is 3. The first-order valence-corrected chi connectivity index (χ1v) is 5.27. The molecule has 1 saturated carbocycles. The van der Waals surface area contributed by atoms with E-state index in [1.54, 1.807) is 0 Å². The van der Waals surface area contributed by atoms with Gasteiger partial charge in [-0.2, -0.15) is 0 Å². The Morgan fingerprint density at radius 3 is 2.41 bits per heavy atom. The number of benzene rings is 1. The Morgan fingerprint density at radius 2 is 1.88 bits per heavy atom. The van der Waals surface area contributed by atoms with Crippen molar-refractivity contribution in [2.75, 3.05) is 5.32 Å². The Balaban J connectivity index is 2.15. The summed E-state index contributed by atoms with van der Waals surface area (Å²) in [5.74, 6) is -4.77. The molecule has 5 heteroatoms. The van der Waals surface area contributed by atoms with Gasteiger partial charge in [-0.05, 0) is 24.0 Å². The van der Waals surface area contributed by atoms with Gasteiger partial charge in [-0.25, -0.2) is 13.2 Å². The van der Waals surface area contributed by atoms with E-state index < -0.39 is 17.5 Å². The molecule has 0 radical (unpaired) electrons. The zero-order valence-electron chi connectivity index (χ0n) is 9.48. The number of carbonyl (C=O) groups excluding carboxylic acids is 1. The Morgan fingerprint density at radius 1 is 1.29 bits per heavy atom. The fourth-order valence-corrected chi connectivity index (χ4v) is 1.76. The summed E-state index contributed by atoms with van der Waals surface area (Å²) in [4.78, 5) is 11.6. The first kappa shape index (κ1) is 12.0. The van der Waals surface area contributed by atoms with Crippen molar-refractivity contribution in [2.24, 2.45) is 11.3 Å². The first-order chi connectivity index (χ1) is 7.83. The van der Waals surface area contributed by atoms with Crippen molar-refractivity contribution in [2.45, 2.75) is 20.3 Å². The van der Waals surface area contributed by atoms with Crippen LogP contribution in [0.4, 0.5) is 18.9 Å². The van der Waals surface area contributed by atoms with Crippen LogP contribution in [0, 0.1) is 28.8 Å². The highest BCUT2D eigenvalue weighted by Crippen LogP contribution is 2.52. The van der Waals surface area contributed by atoms with Crippen LogP contribution >= 0.6 is 0 Å². The first-order valence-electron chi connectivity index (χ1n) is 5.27. The molecular weight excluding hydrogens is 231 g/mol. The topological polar surface area (TPSA) is 29.1 Å². The minimum Gasteiger partial charge on any atom is -0.323 e. The Kier molecular flexibility index (Phi) is 2.64. The van der Waals surface area contributed by atoms with Gasteiger partial charge in [-0.3, -0.25) is 4.79 Å². The molecule has 0 bridgehead atoms. The lowest BCUT2D eigenvalue weighted by atomic mass is 10.1. The largest absolute Gasteiger partial charge is 0.323 e. The number of amides is 1. The summed E-state index contributed by atoms with van der Waals surface area (Å²) in [5.41, 5.74) is -0.421. The number of anilines is 1. The molecule has 1 N–H and O–H groups in total. The third kappa shape index (κ3) is 2.14. The highest BCUT2D eigenvalue weighted by Gasteiger charge is 2.50. The van der Waals surface area contributed by atoms with Crippen molar-refractivity contribution in [3.8, 4) is 0 Å². The van der Waals surface area contributed by atoms with E-state index in [-0.39, 0.29) is 22.9 Å². The van der Waals surface area contributed by atoms with Crippen LogP contribution in [0.2, 0.25) is 0 Å². The molecule has 2 nitrogen and oxygen atoms in total. The minimum atomic E-state index is -1.57. The summed E-state index contributed by atoms with van der Waals surface area (Å²) < 4.78 is 38.8. The van der Waals surface area contributed by atoms with E-state index in [9.17, 15) is 18.0 Å². The Bertz CT molecular complexity index is 485. The molecule has 0 aliphatic heterocycles. The van der Waals surface area contributed by atoms with E-state index in [2.05, 4.69) is 5.32 Å². The van der Waals surface area contributed by atoms with Crippen LogP contribution < -0.4 is 5.32 Å². The molecule has 0 saturated heterocycles. The Labute approximate surface area is 96.8 Å². The van der Waals surface area contributed by atoms with Crippen LogP contribution in [-0.2, 0) is 4.79 Å². The third-order valence-electron chi connectivity index (χ3n) is 3.12. The van der Waals surface area contributed by atoms with Crippen LogP contribution in [0.1, 0.15) is 20.3 Å². The fourth-order valence-electron chi connectivity index (χ4n) is 1.76. The quantitative estimate of drug-likeness (QED) is 0.794. The molecule has 17 heavy (non-hydrogen) atoms. The van der Waals surface area contributed by atoms with Crippen LogP contribution in [0.3, 0.4) is 0 Å². The van der Waals surface area contributed by atoms with E-state index in [0.717, 1.165) is 12.1 Å². The molecule has 1 amide bonds. The number of carbonyl (C=O) groups is 1. The predicted molar refractivity (Wildman–Crippen MR) is 56.8 cm³/mol. The van der Waals surface area contributed by atoms with Crippen molar-refractivity contribution in [1.29, 1.82) is 0 Å². The number of hydrogen-bond acceptors (Lipinski definition) is 1. The molecular formula is C12H12F3NO. The monoisotopic (exact) mass is 243 g/mol. The van der Waals surface area contributed by atoms with Gasteiger partial charge in [-0.15, -0.1) is 0 Å². The smallest absolute Gasteiger partial charge is 0.228 e. The number of hydrogen-bond donors (Lipinski definition) is 1. The van der Waals surface area contributed by atoms with Crippen LogP contribution in [-0.4, -0.2) is 5.91 Å². The van der Waals surface area contributed by atoms with Crippen LogP contribution in [0.25, 0.3) is 0 Å². The molecule has 2 rings (SSSR count). The van der Waals surface area contributed by atoms with E-state index in [0.29, 0.717) is 6.42 Å². The maximum Gasteiger partial charge on any atom is 0.228 e. The number of rotatable bonds is 2. The second-order valence-corrected chi connectivity index (χ2v) is 4.96. The second-order valence-electron chi connectivity index (χ2n) is 4.96. The Hall–Kier alpha value is -1.52. The van der Waals surface area contributed by atoms with Gasteiger partial charge in [0.15, 0.2) is 17.5 Å². The third-order valence-corrected chi connectivity index (χ3v) is 3.12. The minimum absolute atomic E-state index is 0.0981. The standard InChI is InChI=1S/C12H12F3NO/c1-12(2)5-6(12)11(17)16-8-4-3-7(13)9(14)10(8)15/h3-4,6H,5H2,1-2H3,(H,16,17). The average molecular weight is 243 g/mol. The summed E-state index contributed by atoms with van der Waals surface area (Å²) in [6.07, 6.45) is 0.712. The van der Waals surface area contributed by atoms with Crippen LogP contribution in [0.15, 0.2) is 12.1 Å². The lowest BCUT2D eigenvalue weighted by Crippen LogP contribution is -2.17. The summed E-state index contributed by atoms with van der Waals surface area (Å²) in [6.45, 7) is 3.83. The summed E-state index contributed by atoms with van der Waals surface area (Å²) in [5, 5.41) is 2.28. The van der Waals surface area contributed by atoms with Crippen molar-refractivity contribution in [3.63, 3.8) is 0 Å². The van der Waals surface area contributed by atoms with E-state index >= 15 is 0 Å². The molecule has 1 fully saturated rings. The molecule has 1 aliphatic rings.